The maximum Gasteiger partial charge on any atom is 0.268 e. The molecule has 0 atom stereocenters. The first-order valence-electron chi connectivity index (χ1n) is 5.71. The molecule has 1 aromatic carbocycles. The number of rotatable bonds is 7. The molecule has 0 saturated carbocycles. The number of hydrazine groups is 1. The van der Waals surface area contributed by atoms with E-state index in [1.165, 1.54) is 0 Å². The Morgan fingerprint density at radius 2 is 2.17 bits per heavy atom. The minimum absolute atomic E-state index is 0.114. The number of aliphatic hydroxyl groups is 1. The molecular weight excluding hydrogens is 234 g/mol. The Morgan fingerprint density at radius 1 is 1.44 bits per heavy atom. The molecule has 6 nitrogen and oxygen atoms in total. The smallest absolute Gasteiger partial charge is 0.268 e. The van der Waals surface area contributed by atoms with Crippen LogP contribution in [-0.2, 0) is 0 Å². The largest absolute Gasteiger partial charge is 0.491 e. The van der Waals surface area contributed by atoms with Crippen molar-refractivity contribution in [2.24, 2.45) is 5.84 Å². The Labute approximate surface area is 106 Å². The number of carbonyl (C=O) groups is 1. The van der Waals surface area contributed by atoms with Crippen molar-refractivity contribution < 1.29 is 14.6 Å². The van der Waals surface area contributed by atoms with Crippen LogP contribution in [0.15, 0.2) is 24.3 Å². The molecule has 1 rings (SSSR count). The minimum Gasteiger partial charge on any atom is -0.491 e. The summed E-state index contributed by atoms with van der Waals surface area (Å²) in [6, 6.07) is 6.90. The molecule has 0 aliphatic heterocycles. The van der Waals surface area contributed by atoms with Gasteiger partial charge in [-0.1, -0.05) is 12.1 Å². The molecule has 0 fully saturated rings. The predicted octanol–water partition coefficient (Wildman–Crippen LogP) is -0.407. The molecule has 4 N–H and O–H groups in total. The van der Waals surface area contributed by atoms with Crippen LogP contribution in [0.1, 0.15) is 10.4 Å². The number of ether oxygens (including phenoxy) is 1. The highest BCUT2D eigenvalue weighted by atomic mass is 16.5. The van der Waals surface area contributed by atoms with Gasteiger partial charge in [-0.3, -0.25) is 10.2 Å². The standard InChI is InChI=1S/C12H19N3O3/c1-15(6-8-16)7-9-18-11-5-3-2-4-10(11)12(17)14-13/h2-5,16H,6-9,13H2,1H3,(H,14,17). The summed E-state index contributed by atoms with van der Waals surface area (Å²) in [5, 5.41) is 8.75. The Bertz CT molecular complexity index is 385. The predicted molar refractivity (Wildman–Crippen MR) is 68.2 cm³/mol. The minimum atomic E-state index is -0.380. The number of amides is 1. The van der Waals surface area contributed by atoms with Crippen LogP contribution < -0.4 is 16.0 Å². The number of carbonyl (C=O) groups excluding carboxylic acids is 1. The van der Waals surface area contributed by atoms with Crippen molar-refractivity contribution >= 4 is 5.91 Å². The van der Waals surface area contributed by atoms with E-state index in [1.807, 2.05) is 11.9 Å². The lowest BCUT2D eigenvalue weighted by atomic mass is 10.2. The fourth-order valence-electron chi connectivity index (χ4n) is 1.45. The van der Waals surface area contributed by atoms with Crippen LogP contribution in [0.3, 0.4) is 0 Å². The number of hydrogen-bond acceptors (Lipinski definition) is 5. The van der Waals surface area contributed by atoms with Crippen molar-refractivity contribution in [3.8, 4) is 5.75 Å². The van der Waals surface area contributed by atoms with E-state index in [0.717, 1.165) is 0 Å². The average Bonchev–Trinajstić information content (AvgIpc) is 2.39. The van der Waals surface area contributed by atoms with Gasteiger partial charge < -0.3 is 14.7 Å². The fourth-order valence-corrected chi connectivity index (χ4v) is 1.45. The van der Waals surface area contributed by atoms with Gasteiger partial charge in [0.25, 0.3) is 5.91 Å². The first-order chi connectivity index (χ1) is 8.69. The molecule has 18 heavy (non-hydrogen) atoms. The number of nitrogens with zero attached hydrogens (tertiary/aromatic N) is 1. The second kappa shape index (κ2) is 7.65. The van der Waals surface area contributed by atoms with Gasteiger partial charge in [-0.25, -0.2) is 5.84 Å². The van der Waals surface area contributed by atoms with Gasteiger partial charge in [0.1, 0.15) is 12.4 Å². The van der Waals surface area contributed by atoms with E-state index >= 15 is 0 Å². The Hall–Kier alpha value is -1.63. The molecule has 0 saturated heterocycles. The summed E-state index contributed by atoms with van der Waals surface area (Å²) in [5.41, 5.74) is 2.49. The van der Waals surface area contributed by atoms with Crippen molar-refractivity contribution in [2.45, 2.75) is 0 Å². The van der Waals surface area contributed by atoms with Gasteiger partial charge in [0.2, 0.25) is 0 Å². The maximum atomic E-state index is 11.5. The molecule has 0 aliphatic carbocycles. The molecule has 0 radical (unpaired) electrons. The monoisotopic (exact) mass is 253 g/mol. The number of nitrogens with two attached hydrogens (primary N) is 1. The third-order valence-electron chi connectivity index (χ3n) is 2.48. The van der Waals surface area contributed by atoms with E-state index in [4.69, 9.17) is 15.7 Å². The van der Waals surface area contributed by atoms with Gasteiger partial charge in [-0.05, 0) is 19.2 Å². The summed E-state index contributed by atoms with van der Waals surface area (Å²) in [4.78, 5) is 13.4. The lowest BCUT2D eigenvalue weighted by Gasteiger charge is -2.16. The molecule has 6 heteroatoms. The van der Waals surface area contributed by atoms with Crippen LogP contribution in [0.5, 0.6) is 5.75 Å². The topological polar surface area (TPSA) is 87.8 Å². The molecule has 0 heterocycles. The Balaban J connectivity index is 2.54. The average molecular weight is 253 g/mol. The number of hydrogen-bond donors (Lipinski definition) is 3. The Kier molecular flexibility index (Phi) is 6.13. The zero-order chi connectivity index (χ0) is 13.4. The molecule has 100 valence electrons. The summed E-state index contributed by atoms with van der Waals surface area (Å²) in [5.74, 6) is 5.22. The molecule has 0 unspecified atom stereocenters. The van der Waals surface area contributed by atoms with Crippen molar-refractivity contribution in [1.82, 2.24) is 10.3 Å². The second-order valence-electron chi connectivity index (χ2n) is 3.84. The first-order valence-corrected chi connectivity index (χ1v) is 5.71. The van der Waals surface area contributed by atoms with Crippen molar-refractivity contribution in [3.05, 3.63) is 29.8 Å². The van der Waals surface area contributed by atoms with E-state index < -0.39 is 0 Å². The number of para-hydroxylation sites is 1. The van der Waals surface area contributed by atoms with Crippen LogP contribution in [-0.4, -0.2) is 49.3 Å². The highest BCUT2D eigenvalue weighted by Crippen LogP contribution is 2.17. The normalized spacial score (nSPS) is 10.4. The van der Waals surface area contributed by atoms with Gasteiger partial charge in [0, 0.05) is 13.1 Å². The van der Waals surface area contributed by atoms with Crippen molar-refractivity contribution in [2.75, 3.05) is 33.4 Å². The fraction of sp³-hybridized carbons (Fsp3) is 0.417. The molecule has 0 aromatic heterocycles. The zero-order valence-corrected chi connectivity index (χ0v) is 10.4. The summed E-state index contributed by atoms with van der Waals surface area (Å²) in [6.07, 6.45) is 0. The molecule has 0 bridgehead atoms. The third-order valence-corrected chi connectivity index (χ3v) is 2.48. The van der Waals surface area contributed by atoms with Gasteiger partial charge in [-0.15, -0.1) is 0 Å². The van der Waals surface area contributed by atoms with E-state index in [2.05, 4.69) is 5.43 Å². The number of nitrogen functional groups attached to an aromatic ring is 1. The lowest BCUT2D eigenvalue weighted by molar-refractivity contribution is 0.0949. The molecule has 0 aliphatic rings. The van der Waals surface area contributed by atoms with Crippen LogP contribution in [0.4, 0.5) is 0 Å². The lowest BCUT2D eigenvalue weighted by Crippen LogP contribution is -2.31. The summed E-state index contributed by atoms with van der Waals surface area (Å²) in [7, 11) is 1.89. The Morgan fingerprint density at radius 3 is 2.83 bits per heavy atom. The van der Waals surface area contributed by atoms with Gasteiger partial charge in [-0.2, -0.15) is 0 Å². The third kappa shape index (κ3) is 4.33. The summed E-state index contributed by atoms with van der Waals surface area (Å²) >= 11 is 0. The SMILES string of the molecule is CN(CCO)CCOc1ccccc1C(=O)NN. The van der Waals surface area contributed by atoms with Crippen LogP contribution in [0.2, 0.25) is 0 Å². The maximum absolute atomic E-state index is 11.5. The van der Waals surface area contributed by atoms with Crippen molar-refractivity contribution in [3.63, 3.8) is 0 Å². The van der Waals surface area contributed by atoms with E-state index in [0.29, 0.717) is 31.0 Å². The number of likely N-dealkylation sites (N-methyl/N-ethyl adjacent to an activating group) is 1. The number of nitrogens with one attached hydrogen (secondary N) is 1. The van der Waals surface area contributed by atoms with E-state index in [9.17, 15) is 4.79 Å². The van der Waals surface area contributed by atoms with Crippen LogP contribution in [0, 0.1) is 0 Å². The first kappa shape index (κ1) is 14.4. The van der Waals surface area contributed by atoms with Crippen LogP contribution in [0.25, 0.3) is 0 Å². The van der Waals surface area contributed by atoms with Gasteiger partial charge in [0.15, 0.2) is 0 Å². The van der Waals surface area contributed by atoms with Gasteiger partial charge in [0.05, 0.1) is 12.2 Å². The molecular formula is C12H19N3O3. The number of benzene rings is 1. The zero-order valence-electron chi connectivity index (χ0n) is 10.4. The quantitative estimate of drug-likeness (QED) is 0.349. The number of aliphatic hydroxyl groups excluding tert-OH is 1. The summed E-state index contributed by atoms with van der Waals surface area (Å²) < 4.78 is 5.54. The highest BCUT2D eigenvalue weighted by Gasteiger charge is 2.10. The van der Waals surface area contributed by atoms with Crippen LogP contribution >= 0.6 is 0 Å². The van der Waals surface area contributed by atoms with E-state index in [1.54, 1.807) is 24.3 Å². The van der Waals surface area contributed by atoms with Crippen molar-refractivity contribution in [1.29, 1.82) is 0 Å². The second-order valence-corrected chi connectivity index (χ2v) is 3.84. The highest BCUT2D eigenvalue weighted by molar-refractivity contribution is 5.96. The van der Waals surface area contributed by atoms with E-state index in [-0.39, 0.29) is 12.5 Å². The molecule has 0 spiro atoms. The van der Waals surface area contributed by atoms with Gasteiger partial charge >= 0.3 is 0 Å². The summed E-state index contributed by atoms with van der Waals surface area (Å²) in [6.45, 7) is 1.81. The molecule has 1 aromatic rings. The molecule has 1 amide bonds.